The third kappa shape index (κ3) is 8.46. The van der Waals surface area contributed by atoms with Gasteiger partial charge in [0, 0.05) is 13.0 Å². The summed E-state index contributed by atoms with van der Waals surface area (Å²) in [5.74, 6) is 1.77. The summed E-state index contributed by atoms with van der Waals surface area (Å²) in [7, 11) is 0. The molecule has 2 heteroatoms. The predicted octanol–water partition coefficient (Wildman–Crippen LogP) is 6.62. The third-order valence-electron chi connectivity index (χ3n) is 5.98. The number of aryl methyl sites for hydroxylation is 1. The van der Waals surface area contributed by atoms with Gasteiger partial charge in [-0.2, -0.15) is 0 Å². The topological polar surface area (TPSA) is 29.1 Å². The average Bonchev–Trinajstić information content (AvgIpc) is 3.17. The maximum atomic E-state index is 11.5. The first-order chi connectivity index (χ1) is 13.7. The molecule has 1 aromatic rings. The van der Waals surface area contributed by atoms with Crippen LogP contribution in [0, 0.1) is 11.8 Å². The Balaban J connectivity index is 1.66. The summed E-state index contributed by atoms with van der Waals surface area (Å²) in [6.45, 7) is 5.05. The summed E-state index contributed by atoms with van der Waals surface area (Å²) in [6, 6.07) is 10.8. The molecular weight excluding hydrogens is 342 g/mol. The highest BCUT2D eigenvalue weighted by molar-refractivity contribution is 5.75. The van der Waals surface area contributed by atoms with Crippen LogP contribution in [0.2, 0.25) is 0 Å². The minimum absolute atomic E-state index is 0.180. The van der Waals surface area contributed by atoms with Gasteiger partial charge in [0.1, 0.15) is 0 Å². The molecule has 1 amide bonds. The lowest BCUT2D eigenvalue weighted by Gasteiger charge is -2.19. The van der Waals surface area contributed by atoms with E-state index in [9.17, 15) is 4.79 Å². The Morgan fingerprint density at radius 2 is 1.93 bits per heavy atom. The highest BCUT2D eigenvalue weighted by Crippen LogP contribution is 2.39. The second kappa shape index (κ2) is 13.4. The summed E-state index contributed by atoms with van der Waals surface area (Å²) in [6.07, 6.45) is 18.7. The normalized spacial score (nSPS) is 20.0. The van der Waals surface area contributed by atoms with Crippen LogP contribution in [0.3, 0.4) is 0 Å². The molecule has 2 rings (SSSR count). The minimum atomic E-state index is 0.180. The van der Waals surface area contributed by atoms with Gasteiger partial charge in [0.2, 0.25) is 5.91 Å². The molecule has 0 bridgehead atoms. The number of rotatable bonds is 12. The van der Waals surface area contributed by atoms with Crippen molar-refractivity contribution < 1.29 is 4.79 Å². The first-order valence-corrected chi connectivity index (χ1v) is 11.3. The van der Waals surface area contributed by atoms with Crippen LogP contribution in [0.25, 0.3) is 0 Å². The van der Waals surface area contributed by atoms with E-state index in [0.29, 0.717) is 6.42 Å². The fraction of sp³-hybridized carbons (Fsp3) is 0.577. The van der Waals surface area contributed by atoms with E-state index in [-0.39, 0.29) is 5.91 Å². The van der Waals surface area contributed by atoms with Crippen LogP contribution in [0.5, 0.6) is 0 Å². The number of carbonyl (C=O) groups is 1. The highest BCUT2D eigenvalue weighted by atomic mass is 16.1. The standard InChI is InChI=1S/C26H39NO/c1-3-27-26(28)21-10-5-4-9-18-24-19-13-20-25(24)22(2)14-11-12-17-23-15-7-6-8-16-23/h4,6-9,14-16,24-25H,3,5,10-13,17-21H2,1-2H3,(H,27,28)/b9-4-,22-14+/t24-,25?/m0/s1. The van der Waals surface area contributed by atoms with Gasteiger partial charge in [-0.05, 0) is 82.6 Å². The number of hydrogen-bond acceptors (Lipinski definition) is 1. The van der Waals surface area contributed by atoms with Gasteiger partial charge in [0.05, 0.1) is 0 Å². The van der Waals surface area contributed by atoms with Gasteiger partial charge < -0.3 is 5.32 Å². The first kappa shape index (κ1) is 22.5. The molecule has 0 radical (unpaired) electrons. The summed E-state index contributed by atoms with van der Waals surface area (Å²) in [4.78, 5) is 11.5. The van der Waals surface area contributed by atoms with Crippen LogP contribution >= 0.6 is 0 Å². The van der Waals surface area contributed by atoms with Crippen LogP contribution in [0.15, 0.2) is 54.1 Å². The molecule has 0 aliphatic heterocycles. The number of allylic oxidation sites excluding steroid dienone is 4. The Hall–Kier alpha value is -1.83. The number of nitrogens with one attached hydrogen (secondary N) is 1. The van der Waals surface area contributed by atoms with Crippen molar-refractivity contribution in [2.24, 2.45) is 11.8 Å². The summed E-state index contributed by atoms with van der Waals surface area (Å²) in [5, 5.41) is 2.86. The second-order valence-electron chi connectivity index (χ2n) is 8.18. The number of benzene rings is 1. The largest absolute Gasteiger partial charge is 0.356 e. The van der Waals surface area contributed by atoms with Gasteiger partial charge >= 0.3 is 0 Å². The second-order valence-corrected chi connectivity index (χ2v) is 8.18. The Bertz CT molecular complexity index is 617. The van der Waals surface area contributed by atoms with E-state index in [4.69, 9.17) is 0 Å². The van der Waals surface area contributed by atoms with Gasteiger partial charge in [-0.1, -0.05) is 60.6 Å². The van der Waals surface area contributed by atoms with E-state index in [1.54, 1.807) is 5.57 Å². The molecule has 154 valence electrons. The molecular formula is C26H39NO. The van der Waals surface area contributed by atoms with E-state index in [0.717, 1.165) is 31.2 Å². The van der Waals surface area contributed by atoms with Crippen LogP contribution < -0.4 is 5.32 Å². The Labute approximate surface area is 172 Å². The molecule has 1 unspecified atom stereocenters. The molecule has 2 atom stereocenters. The van der Waals surface area contributed by atoms with Gasteiger partial charge in [-0.25, -0.2) is 0 Å². The highest BCUT2D eigenvalue weighted by Gasteiger charge is 2.27. The fourth-order valence-electron chi connectivity index (χ4n) is 4.41. The summed E-state index contributed by atoms with van der Waals surface area (Å²) >= 11 is 0. The average molecular weight is 382 g/mol. The van der Waals surface area contributed by atoms with Gasteiger partial charge in [0.25, 0.3) is 0 Å². The lowest BCUT2D eigenvalue weighted by Crippen LogP contribution is -2.21. The van der Waals surface area contributed by atoms with Crippen molar-refractivity contribution in [2.75, 3.05) is 6.54 Å². The predicted molar refractivity (Wildman–Crippen MR) is 120 cm³/mol. The molecule has 1 aliphatic carbocycles. The smallest absolute Gasteiger partial charge is 0.219 e. The molecule has 1 N–H and O–H groups in total. The fourth-order valence-corrected chi connectivity index (χ4v) is 4.41. The van der Waals surface area contributed by atoms with Crippen molar-refractivity contribution in [2.45, 2.75) is 78.1 Å². The van der Waals surface area contributed by atoms with E-state index < -0.39 is 0 Å². The molecule has 0 saturated heterocycles. The van der Waals surface area contributed by atoms with E-state index in [1.165, 1.54) is 50.5 Å². The van der Waals surface area contributed by atoms with Crippen molar-refractivity contribution in [1.29, 1.82) is 0 Å². The van der Waals surface area contributed by atoms with Gasteiger partial charge in [-0.3, -0.25) is 4.79 Å². The maximum absolute atomic E-state index is 11.5. The van der Waals surface area contributed by atoms with E-state index >= 15 is 0 Å². The van der Waals surface area contributed by atoms with E-state index in [1.807, 2.05) is 6.92 Å². The summed E-state index contributed by atoms with van der Waals surface area (Å²) in [5.41, 5.74) is 3.06. The minimum Gasteiger partial charge on any atom is -0.356 e. The number of carbonyl (C=O) groups excluding carboxylic acids is 1. The molecule has 1 fully saturated rings. The molecule has 1 aromatic carbocycles. The lowest BCUT2D eigenvalue weighted by molar-refractivity contribution is -0.121. The monoisotopic (exact) mass is 381 g/mol. The van der Waals surface area contributed by atoms with Crippen molar-refractivity contribution in [1.82, 2.24) is 5.32 Å². The van der Waals surface area contributed by atoms with Crippen molar-refractivity contribution in [3.8, 4) is 0 Å². The van der Waals surface area contributed by atoms with Gasteiger partial charge in [-0.15, -0.1) is 0 Å². The Kier molecular flexibility index (Phi) is 10.7. The molecule has 0 spiro atoms. The third-order valence-corrected chi connectivity index (χ3v) is 5.98. The first-order valence-electron chi connectivity index (χ1n) is 11.3. The van der Waals surface area contributed by atoms with Crippen LogP contribution in [-0.4, -0.2) is 12.5 Å². The van der Waals surface area contributed by atoms with Crippen molar-refractivity contribution in [3.63, 3.8) is 0 Å². The quantitative estimate of drug-likeness (QED) is 0.320. The molecule has 1 saturated carbocycles. The molecule has 28 heavy (non-hydrogen) atoms. The molecule has 0 aromatic heterocycles. The zero-order valence-electron chi connectivity index (χ0n) is 18.0. The summed E-state index contributed by atoms with van der Waals surface area (Å²) < 4.78 is 0. The Morgan fingerprint density at radius 3 is 2.71 bits per heavy atom. The zero-order chi connectivity index (χ0) is 20.0. The lowest BCUT2D eigenvalue weighted by atomic mass is 9.86. The molecule has 0 heterocycles. The van der Waals surface area contributed by atoms with Crippen LogP contribution in [-0.2, 0) is 11.2 Å². The number of unbranched alkanes of at least 4 members (excludes halogenated alkanes) is 2. The van der Waals surface area contributed by atoms with E-state index in [2.05, 4.69) is 60.8 Å². The number of amides is 1. The SMILES string of the molecule is CCNC(=O)CCC/C=C\C[C@H]1CCCC1/C(C)=C/CCCc1ccccc1. The van der Waals surface area contributed by atoms with Crippen LogP contribution in [0.4, 0.5) is 0 Å². The molecule has 1 aliphatic rings. The van der Waals surface area contributed by atoms with Crippen LogP contribution in [0.1, 0.15) is 77.2 Å². The van der Waals surface area contributed by atoms with Crippen molar-refractivity contribution >= 4 is 5.91 Å². The zero-order valence-corrected chi connectivity index (χ0v) is 18.0. The Morgan fingerprint density at radius 1 is 1.11 bits per heavy atom. The number of hydrogen-bond donors (Lipinski definition) is 1. The maximum Gasteiger partial charge on any atom is 0.219 e. The van der Waals surface area contributed by atoms with Crippen molar-refractivity contribution in [3.05, 3.63) is 59.7 Å². The molecule has 2 nitrogen and oxygen atoms in total. The van der Waals surface area contributed by atoms with Gasteiger partial charge in [0.15, 0.2) is 0 Å².